The Balaban J connectivity index is 2.25. The van der Waals surface area contributed by atoms with Gasteiger partial charge in [0.25, 0.3) is 0 Å². The second kappa shape index (κ2) is 5.32. The lowest BCUT2D eigenvalue weighted by molar-refractivity contribution is -0.156. The van der Waals surface area contributed by atoms with Crippen LogP contribution in [0.1, 0.15) is 33.1 Å². The summed E-state index contributed by atoms with van der Waals surface area (Å²) >= 11 is 0. The summed E-state index contributed by atoms with van der Waals surface area (Å²) in [7, 11) is 0. The Labute approximate surface area is 84.2 Å². The van der Waals surface area contributed by atoms with Crippen molar-refractivity contribution < 1.29 is 19.4 Å². The summed E-state index contributed by atoms with van der Waals surface area (Å²) in [5.74, 6) is -0.346. The lowest BCUT2D eigenvalue weighted by Crippen LogP contribution is -2.23. The van der Waals surface area contributed by atoms with Crippen LogP contribution < -0.4 is 0 Å². The largest absolute Gasteiger partial charge is 0.464 e. The highest BCUT2D eigenvalue weighted by Crippen LogP contribution is 2.20. The summed E-state index contributed by atoms with van der Waals surface area (Å²) in [5.41, 5.74) is 0. The predicted molar refractivity (Wildman–Crippen MR) is 50.8 cm³/mol. The van der Waals surface area contributed by atoms with Gasteiger partial charge >= 0.3 is 5.97 Å². The van der Waals surface area contributed by atoms with Crippen molar-refractivity contribution in [1.29, 1.82) is 0 Å². The molecule has 1 aliphatic rings. The smallest absolute Gasteiger partial charge is 0.335 e. The van der Waals surface area contributed by atoms with Gasteiger partial charge in [-0.25, -0.2) is 4.79 Å². The number of rotatable bonds is 4. The molecule has 82 valence electrons. The molecule has 1 rings (SSSR count). The summed E-state index contributed by atoms with van der Waals surface area (Å²) < 4.78 is 10.2. The maximum absolute atomic E-state index is 11.4. The number of aliphatic hydroxyl groups is 1. The van der Waals surface area contributed by atoms with E-state index in [4.69, 9.17) is 9.47 Å². The van der Waals surface area contributed by atoms with Crippen LogP contribution in [0.5, 0.6) is 0 Å². The highest BCUT2D eigenvalue weighted by atomic mass is 16.6. The van der Waals surface area contributed by atoms with E-state index >= 15 is 0 Å². The van der Waals surface area contributed by atoms with Crippen LogP contribution in [0.2, 0.25) is 0 Å². The van der Waals surface area contributed by atoms with E-state index in [9.17, 15) is 9.90 Å². The van der Waals surface area contributed by atoms with Crippen LogP contribution in [0, 0.1) is 0 Å². The Morgan fingerprint density at radius 1 is 1.64 bits per heavy atom. The van der Waals surface area contributed by atoms with Crippen molar-refractivity contribution in [2.24, 2.45) is 0 Å². The first-order chi connectivity index (χ1) is 6.65. The van der Waals surface area contributed by atoms with Gasteiger partial charge in [-0.15, -0.1) is 0 Å². The Kier molecular flexibility index (Phi) is 4.35. The molecule has 0 unspecified atom stereocenters. The Morgan fingerprint density at radius 2 is 2.36 bits per heavy atom. The fourth-order valence-electron chi connectivity index (χ4n) is 1.38. The Hall–Kier alpha value is -0.610. The Morgan fingerprint density at radius 3 is 2.86 bits per heavy atom. The normalized spacial score (nSPS) is 31.8. The monoisotopic (exact) mass is 202 g/mol. The molecule has 0 amide bonds. The van der Waals surface area contributed by atoms with Crippen LogP contribution in [-0.4, -0.2) is 36.0 Å². The molecular formula is C10H18O4. The molecule has 3 atom stereocenters. The zero-order chi connectivity index (χ0) is 10.6. The van der Waals surface area contributed by atoms with Crippen LogP contribution >= 0.6 is 0 Å². The van der Waals surface area contributed by atoms with Gasteiger partial charge in [-0.05, 0) is 13.3 Å². The number of hydrogen-bond donors (Lipinski definition) is 1. The molecule has 1 fully saturated rings. The third-order valence-electron chi connectivity index (χ3n) is 2.38. The van der Waals surface area contributed by atoms with E-state index in [1.807, 2.05) is 6.92 Å². The molecule has 1 heterocycles. The minimum atomic E-state index is -0.572. The molecule has 0 aromatic rings. The summed E-state index contributed by atoms with van der Waals surface area (Å²) in [5, 5.41) is 9.36. The van der Waals surface area contributed by atoms with E-state index in [1.165, 1.54) is 0 Å². The molecule has 0 aliphatic carbocycles. The maximum Gasteiger partial charge on any atom is 0.335 e. The number of unbranched alkanes of at least 4 members (excludes halogenated alkanes) is 1. The first-order valence-corrected chi connectivity index (χ1v) is 5.15. The van der Waals surface area contributed by atoms with Gasteiger partial charge < -0.3 is 14.6 Å². The van der Waals surface area contributed by atoms with Gasteiger partial charge in [-0.3, -0.25) is 0 Å². The van der Waals surface area contributed by atoms with Crippen molar-refractivity contribution in [2.75, 3.05) is 6.61 Å². The van der Waals surface area contributed by atoms with Crippen molar-refractivity contribution in [3.63, 3.8) is 0 Å². The number of carbonyl (C=O) groups excluding carboxylic acids is 1. The van der Waals surface area contributed by atoms with Crippen LogP contribution in [0.4, 0.5) is 0 Å². The molecule has 0 aromatic heterocycles. The van der Waals surface area contributed by atoms with Gasteiger partial charge in [0.2, 0.25) is 0 Å². The van der Waals surface area contributed by atoms with E-state index in [0.29, 0.717) is 13.0 Å². The summed E-state index contributed by atoms with van der Waals surface area (Å²) in [6.07, 6.45) is 0.842. The lowest BCUT2D eigenvalue weighted by Gasteiger charge is -2.09. The van der Waals surface area contributed by atoms with Gasteiger partial charge in [0.15, 0.2) is 6.10 Å². The van der Waals surface area contributed by atoms with Crippen molar-refractivity contribution in [3.8, 4) is 0 Å². The second-order valence-corrected chi connectivity index (χ2v) is 3.65. The van der Waals surface area contributed by atoms with E-state index in [1.54, 1.807) is 6.92 Å². The summed E-state index contributed by atoms with van der Waals surface area (Å²) in [6.45, 7) is 4.23. The predicted octanol–water partition coefficient (Wildman–Crippen LogP) is 0.868. The zero-order valence-corrected chi connectivity index (χ0v) is 8.73. The molecule has 1 N–H and O–H groups in total. The SMILES string of the molecule is CCCCOC(=O)[C@@H]1C[C@H](O)[C@@H](C)O1. The lowest BCUT2D eigenvalue weighted by atomic mass is 10.1. The van der Waals surface area contributed by atoms with Gasteiger partial charge in [-0.1, -0.05) is 13.3 Å². The van der Waals surface area contributed by atoms with Crippen molar-refractivity contribution >= 4 is 5.97 Å². The highest BCUT2D eigenvalue weighted by Gasteiger charge is 2.36. The van der Waals surface area contributed by atoms with E-state index < -0.39 is 12.2 Å². The van der Waals surface area contributed by atoms with Gasteiger partial charge in [0, 0.05) is 6.42 Å². The standard InChI is InChI=1S/C10H18O4/c1-3-4-5-13-10(12)9-6-8(11)7(2)14-9/h7-9,11H,3-6H2,1-2H3/t7-,8+,9+/m1/s1. The van der Waals surface area contributed by atoms with Gasteiger partial charge in [0.05, 0.1) is 18.8 Å². The number of aliphatic hydroxyl groups excluding tert-OH is 1. The second-order valence-electron chi connectivity index (χ2n) is 3.65. The number of hydrogen-bond acceptors (Lipinski definition) is 4. The Bertz CT molecular complexity index is 183. The number of ether oxygens (including phenoxy) is 2. The number of esters is 1. The topological polar surface area (TPSA) is 55.8 Å². The van der Waals surface area contributed by atoms with Crippen LogP contribution in [0.15, 0.2) is 0 Å². The van der Waals surface area contributed by atoms with Gasteiger partial charge in [0.1, 0.15) is 0 Å². The summed E-state index contributed by atoms with van der Waals surface area (Å²) in [6, 6.07) is 0. The fourth-order valence-corrected chi connectivity index (χ4v) is 1.38. The molecule has 1 saturated heterocycles. The minimum Gasteiger partial charge on any atom is -0.464 e. The van der Waals surface area contributed by atoms with Crippen LogP contribution in [0.3, 0.4) is 0 Å². The van der Waals surface area contributed by atoms with E-state index in [2.05, 4.69) is 0 Å². The van der Waals surface area contributed by atoms with E-state index in [0.717, 1.165) is 12.8 Å². The molecule has 1 aliphatic heterocycles. The molecule has 4 heteroatoms. The first kappa shape index (κ1) is 11.5. The highest BCUT2D eigenvalue weighted by molar-refractivity contribution is 5.75. The third kappa shape index (κ3) is 2.96. The molecule has 0 spiro atoms. The van der Waals surface area contributed by atoms with E-state index in [-0.39, 0.29) is 12.1 Å². The average Bonchev–Trinajstić information content (AvgIpc) is 2.47. The first-order valence-electron chi connectivity index (χ1n) is 5.15. The van der Waals surface area contributed by atoms with Crippen molar-refractivity contribution in [1.82, 2.24) is 0 Å². The molecule has 14 heavy (non-hydrogen) atoms. The molecule has 0 radical (unpaired) electrons. The molecule has 0 aromatic carbocycles. The molecular weight excluding hydrogens is 184 g/mol. The minimum absolute atomic E-state index is 0.265. The third-order valence-corrected chi connectivity index (χ3v) is 2.38. The molecule has 4 nitrogen and oxygen atoms in total. The molecule has 0 saturated carbocycles. The fraction of sp³-hybridized carbons (Fsp3) is 0.900. The van der Waals surface area contributed by atoms with Crippen LogP contribution in [-0.2, 0) is 14.3 Å². The van der Waals surface area contributed by atoms with Crippen LogP contribution in [0.25, 0.3) is 0 Å². The quantitative estimate of drug-likeness (QED) is 0.543. The zero-order valence-electron chi connectivity index (χ0n) is 8.73. The van der Waals surface area contributed by atoms with Crippen molar-refractivity contribution in [3.05, 3.63) is 0 Å². The average molecular weight is 202 g/mol. The number of carbonyl (C=O) groups is 1. The maximum atomic E-state index is 11.4. The van der Waals surface area contributed by atoms with Gasteiger partial charge in [-0.2, -0.15) is 0 Å². The molecule has 0 bridgehead atoms. The summed E-state index contributed by atoms with van der Waals surface area (Å²) in [4.78, 5) is 11.4. The van der Waals surface area contributed by atoms with Crippen molar-refractivity contribution in [2.45, 2.75) is 51.4 Å².